The summed E-state index contributed by atoms with van der Waals surface area (Å²) in [5, 5.41) is 9.88. The van der Waals surface area contributed by atoms with Crippen LogP contribution < -0.4 is 4.74 Å². The third-order valence-electron chi connectivity index (χ3n) is 3.45. The third kappa shape index (κ3) is 3.99. The van der Waals surface area contributed by atoms with Crippen LogP contribution in [0, 0.1) is 0 Å². The van der Waals surface area contributed by atoms with E-state index in [4.69, 9.17) is 16.3 Å². The molecule has 112 valence electrons. The highest BCUT2D eigenvalue weighted by Crippen LogP contribution is 2.27. The molecule has 0 bridgehead atoms. The monoisotopic (exact) mass is 304 g/mol. The van der Waals surface area contributed by atoms with E-state index in [2.05, 4.69) is 45.0 Å². The molecule has 0 spiro atoms. The van der Waals surface area contributed by atoms with Crippen molar-refractivity contribution in [3.05, 3.63) is 64.2 Å². The molecule has 0 saturated heterocycles. The van der Waals surface area contributed by atoms with Gasteiger partial charge in [0.15, 0.2) is 0 Å². The zero-order chi connectivity index (χ0) is 15.5. The van der Waals surface area contributed by atoms with Gasteiger partial charge in [0.05, 0.1) is 6.61 Å². The first-order valence-electron chi connectivity index (χ1n) is 7.02. The van der Waals surface area contributed by atoms with Crippen molar-refractivity contribution in [2.75, 3.05) is 0 Å². The topological polar surface area (TPSA) is 29.5 Å². The fourth-order valence-electron chi connectivity index (χ4n) is 2.09. The van der Waals surface area contributed by atoms with Crippen molar-refractivity contribution in [1.82, 2.24) is 0 Å². The Morgan fingerprint density at radius 1 is 1.05 bits per heavy atom. The van der Waals surface area contributed by atoms with E-state index in [1.54, 1.807) is 6.07 Å². The summed E-state index contributed by atoms with van der Waals surface area (Å²) in [4.78, 5) is 0. The normalized spacial score (nSPS) is 11.5. The van der Waals surface area contributed by atoms with Crippen LogP contribution in [0.4, 0.5) is 0 Å². The highest BCUT2D eigenvalue weighted by atomic mass is 35.5. The van der Waals surface area contributed by atoms with Crippen LogP contribution in [0.25, 0.3) is 0 Å². The lowest BCUT2D eigenvalue weighted by molar-refractivity contribution is 0.259. The molecule has 21 heavy (non-hydrogen) atoms. The van der Waals surface area contributed by atoms with E-state index in [0.717, 1.165) is 5.56 Å². The maximum absolute atomic E-state index is 9.36. The van der Waals surface area contributed by atoms with E-state index in [-0.39, 0.29) is 12.0 Å². The Kier molecular flexibility index (Phi) is 4.92. The number of halogens is 1. The lowest BCUT2D eigenvalue weighted by Gasteiger charge is -2.19. The van der Waals surface area contributed by atoms with Gasteiger partial charge in [-0.1, -0.05) is 62.7 Å². The van der Waals surface area contributed by atoms with Gasteiger partial charge in [0.2, 0.25) is 0 Å². The van der Waals surface area contributed by atoms with Gasteiger partial charge >= 0.3 is 0 Å². The van der Waals surface area contributed by atoms with Crippen molar-refractivity contribution in [3.63, 3.8) is 0 Å². The molecule has 0 aliphatic heterocycles. The van der Waals surface area contributed by atoms with E-state index in [9.17, 15) is 5.11 Å². The summed E-state index contributed by atoms with van der Waals surface area (Å²) < 4.78 is 5.78. The molecule has 3 heteroatoms. The molecule has 0 atom stereocenters. The fraction of sp³-hybridized carbons (Fsp3) is 0.333. The summed E-state index contributed by atoms with van der Waals surface area (Å²) in [7, 11) is 0. The van der Waals surface area contributed by atoms with Gasteiger partial charge in [-0.05, 0) is 28.7 Å². The summed E-state index contributed by atoms with van der Waals surface area (Å²) in [5.74, 6) is 0.630. The minimum Gasteiger partial charge on any atom is -0.488 e. The van der Waals surface area contributed by atoms with Crippen molar-refractivity contribution in [2.24, 2.45) is 0 Å². The van der Waals surface area contributed by atoms with E-state index >= 15 is 0 Å². The molecule has 0 amide bonds. The molecule has 1 N–H and O–H groups in total. The van der Waals surface area contributed by atoms with Crippen LogP contribution in [-0.4, -0.2) is 5.11 Å². The molecule has 2 rings (SSSR count). The molecular weight excluding hydrogens is 284 g/mol. The predicted molar refractivity (Wildman–Crippen MR) is 86.8 cm³/mol. The van der Waals surface area contributed by atoms with E-state index < -0.39 is 0 Å². The average Bonchev–Trinajstić information content (AvgIpc) is 2.44. The van der Waals surface area contributed by atoms with Crippen molar-refractivity contribution in [1.29, 1.82) is 0 Å². The van der Waals surface area contributed by atoms with Crippen LogP contribution in [0.5, 0.6) is 5.75 Å². The maximum atomic E-state index is 9.36. The van der Waals surface area contributed by atoms with E-state index in [1.165, 1.54) is 5.56 Å². The summed E-state index contributed by atoms with van der Waals surface area (Å²) >= 11 is 6.04. The first kappa shape index (κ1) is 15.9. The molecule has 0 aliphatic carbocycles. The molecule has 0 heterocycles. The van der Waals surface area contributed by atoms with Gasteiger partial charge in [-0.25, -0.2) is 0 Å². The molecular formula is C18H21ClO2. The van der Waals surface area contributed by atoms with Crippen LogP contribution in [-0.2, 0) is 18.6 Å². The molecule has 0 fully saturated rings. The first-order chi connectivity index (χ1) is 9.91. The molecule has 0 unspecified atom stereocenters. The minimum absolute atomic E-state index is 0.127. The molecule has 0 saturated carbocycles. The zero-order valence-corrected chi connectivity index (χ0v) is 13.4. The molecule has 0 aromatic heterocycles. The van der Waals surface area contributed by atoms with E-state index in [0.29, 0.717) is 22.9 Å². The van der Waals surface area contributed by atoms with Crippen molar-refractivity contribution in [2.45, 2.75) is 39.4 Å². The second kappa shape index (κ2) is 6.50. The van der Waals surface area contributed by atoms with Crippen molar-refractivity contribution < 1.29 is 9.84 Å². The summed E-state index contributed by atoms with van der Waals surface area (Å²) in [6.07, 6.45) is 0. The van der Waals surface area contributed by atoms with Gasteiger partial charge in [0, 0.05) is 10.6 Å². The van der Waals surface area contributed by atoms with Crippen molar-refractivity contribution >= 4 is 11.6 Å². The number of aliphatic hydroxyl groups is 1. The Labute approximate surface area is 131 Å². The smallest absolute Gasteiger partial charge is 0.126 e. The fourth-order valence-corrected chi connectivity index (χ4v) is 2.32. The van der Waals surface area contributed by atoms with Crippen LogP contribution >= 0.6 is 11.6 Å². The summed E-state index contributed by atoms with van der Waals surface area (Å²) in [6, 6.07) is 13.8. The lowest BCUT2D eigenvalue weighted by atomic mass is 9.87. The highest BCUT2D eigenvalue weighted by Gasteiger charge is 2.13. The maximum Gasteiger partial charge on any atom is 0.126 e. The van der Waals surface area contributed by atoms with Gasteiger partial charge < -0.3 is 9.84 Å². The highest BCUT2D eigenvalue weighted by molar-refractivity contribution is 6.31. The minimum atomic E-state index is -0.127. The Bertz CT molecular complexity index is 598. The van der Waals surface area contributed by atoms with Crippen molar-refractivity contribution in [3.8, 4) is 5.75 Å². The second-order valence-electron chi connectivity index (χ2n) is 6.11. The number of ether oxygens (including phenoxy) is 1. The van der Waals surface area contributed by atoms with Gasteiger partial charge in [-0.15, -0.1) is 0 Å². The number of rotatable bonds is 4. The standard InChI is InChI=1S/C18H21ClO2/c1-18(2,3)14-9-7-13(8-10-14)12-21-17-6-4-5-16(19)15(17)11-20/h4-10,20H,11-12H2,1-3H3. The molecule has 0 aliphatic rings. The third-order valence-corrected chi connectivity index (χ3v) is 3.80. The molecule has 0 radical (unpaired) electrons. The summed E-state index contributed by atoms with van der Waals surface area (Å²) in [5.41, 5.74) is 3.17. The molecule has 2 nitrogen and oxygen atoms in total. The summed E-state index contributed by atoms with van der Waals surface area (Å²) in [6.45, 7) is 6.91. The number of benzene rings is 2. The van der Waals surface area contributed by atoms with Crippen LogP contribution in [0.1, 0.15) is 37.5 Å². The first-order valence-corrected chi connectivity index (χ1v) is 7.40. The van der Waals surface area contributed by atoms with Gasteiger partial charge in [-0.2, -0.15) is 0 Å². The predicted octanol–water partition coefficient (Wildman–Crippen LogP) is 4.71. The Balaban J connectivity index is 2.09. The lowest BCUT2D eigenvalue weighted by Crippen LogP contribution is -2.10. The average molecular weight is 305 g/mol. The number of hydrogen-bond donors (Lipinski definition) is 1. The van der Waals surface area contributed by atoms with Gasteiger partial charge in [-0.3, -0.25) is 0 Å². The Morgan fingerprint density at radius 2 is 1.71 bits per heavy atom. The van der Waals surface area contributed by atoms with Crippen LogP contribution in [0.2, 0.25) is 5.02 Å². The molecule has 2 aromatic carbocycles. The number of hydrogen-bond acceptors (Lipinski definition) is 2. The number of aliphatic hydroxyl groups excluding tert-OH is 1. The quantitative estimate of drug-likeness (QED) is 0.886. The van der Waals surface area contributed by atoms with Crippen LogP contribution in [0.3, 0.4) is 0 Å². The van der Waals surface area contributed by atoms with Gasteiger partial charge in [0.25, 0.3) is 0 Å². The van der Waals surface area contributed by atoms with Gasteiger partial charge in [0.1, 0.15) is 12.4 Å². The van der Waals surface area contributed by atoms with E-state index in [1.807, 2.05) is 12.1 Å². The largest absolute Gasteiger partial charge is 0.488 e. The SMILES string of the molecule is CC(C)(C)c1ccc(COc2cccc(Cl)c2CO)cc1. The Hall–Kier alpha value is -1.51. The second-order valence-corrected chi connectivity index (χ2v) is 6.52. The zero-order valence-electron chi connectivity index (χ0n) is 12.7. The van der Waals surface area contributed by atoms with Crippen LogP contribution in [0.15, 0.2) is 42.5 Å². The Morgan fingerprint density at radius 3 is 2.29 bits per heavy atom. The molecule has 2 aromatic rings.